The van der Waals surface area contributed by atoms with Crippen LogP contribution in [0.5, 0.6) is 0 Å². The van der Waals surface area contributed by atoms with Crippen molar-refractivity contribution in [2.45, 2.75) is 13.0 Å². The Labute approximate surface area is 139 Å². The average molecular weight is 329 g/mol. The number of carbonyl (C=O) groups excluding carboxylic acids is 1. The first-order chi connectivity index (χ1) is 11.6. The molecule has 2 aromatic carbocycles. The summed E-state index contributed by atoms with van der Waals surface area (Å²) in [5.41, 5.74) is 1.79. The number of hydrogen-bond donors (Lipinski definition) is 2. The highest BCUT2D eigenvalue weighted by Crippen LogP contribution is 2.25. The van der Waals surface area contributed by atoms with E-state index in [-0.39, 0.29) is 6.61 Å². The molecular weight excluding hydrogens is 310 g/mol. The summed E-state index contributed by atoms with van der Waals surface area (Å²) in [4.78, 5) is 29.4. The second kappa shape index (κ2) is 8.24. The van der Waals surface area contributed by atoms with E-state index in [4.69, 9.17) is 4.84 Å². The molecule has 2 rings (SSSR count). The van der Waals surface area contributed by atoms with Crippen molar-refractivity contribution in [3.63, 3.8) is 0 Å². The Balaban J connectivity index is 2.46. The van der Waals surface area contributed by atoms with E-state index < -0.39 is 24.5 Å². The Morgan fingerprint density at radius 3 is 2.29 bits per heavy atom. The molecule has 0 saturated heterocycles. The average Bonchev–Trinajstić information content (AvgIpc) is 2.61. The van der Waals surface area contributed by atoms with Gasteiger partial charge in [-0.05, 0) is 24.1 Å². The molecule has 0 aliphatic carbocycles. The van der Waals surface area contributed by atoms with E-state index in [1.807, 2.05) is 30.3 Å². The van der Waals surface area contributed by atoms with E-state index in [0.717, 1.165) is 10.6 Å². The lowest BCUT2D eigenvalue weighted by Gasteiger charge is -2.27. The van der Waals surface area contributed by atoms with Gasteiger partial charge in [-0.15, -0.1) is 0 Å². The summed E-state index contributed by atoms with van der Waals surface area (Å²) in [6, 6.07) is 14.7. The third-order valence-electron chi connectivity index (χ3n) is 3.45. The van der Waals surface area contributed by atoms with Crippen molar-refractivity contribution in [3.05, 3.63) is 60.2 Å². The van der Waals surface area contributed by atoms with E-state index in [0.29, 0.717) is 11.1 Å². The summed E-state index contributed by atoms with van der Waals surface area (Å²) in [5.74, 6) is -1.95. The van der Waals surface area contributed by atoms with Crippen LogP contribution in [0.3, 0.4) is 0 Å². The van der Waals surface area contributed by atoms with Gasteiger partial charge in [0, 0.05) is 5.56 Å². The Bertz CT molecular complexity index is 702. The molecule has 0 fully saturated rings. The summed E-state index contributed by atoms with van der Waals surface area (Å²) in [6.45, 7) is 0.997. The number of benzene rings is 2. The predicted molar refractivity (Wildman–Crippen MR) is 88.2 cm³/mol. The Hall–Kier alpha value is -2.70. The van der Waals surface area contributed by atoms with Gasteiger partial charge in [-0.1, -0.05) is 48.5 Å². The van der Waals surface area contributed by atoms with E-state index in [1.165, 1.54) is 0 Å². The van der Waals surface area contributed by atoms with Gasteiger partial charge in [-0.3, -0.25) is 9.63 Å². The standard InChI is InChI=1S/C18H19NO5/c1-2-24-19(16(12-20)18(22)23)17(21)15-11-7-6-10-14(15)13-8-4-3-5-9-13/h3-11,16,20H,2,12H2,1H3,(H,22,23). The minimum Gasteiger partial charge on any atom is -0.480 e. The van der Waals surface area contributed by atoms with Crippen LogP contribution in [-0.4, -0.2) is 46.4 Å². The summed E-state index contributed by atoms with van der Waals surface area (Å²) < 4.78 is 0. The lowest BCUT2D eigenvalue weighted by Crippen LogP contribution is -2.47. The highest BCUT2D eigenvalue weighted by atomic mass is 16.7. The van der Waals surface area contributed by atoms with Crippen LogP contribution in [0, 0.1) is 0 Å². The van der Waals surface area contributed by atoms with Gasteiger partial charge in [0.05, 0.1) is 13.2 Å². The summed E-state index contributed by atoms with van der Waals surface area (Å²) in [6.07, 6.45) is 0. The maximum atomic E-state index is 12.9. The predicted octanol–water partition coefficient (Wildman–Crippen LogP) is 2.19. The molecular formula is C18H19NO5. The van der Waals surface area contributed by atoms with Crippen molar-refractivity contribution < 1.29 is 24.6 Å². The van der Waals surface area contributed by atoms with Crippen LogP contribution in [0.15, 0.2) is 54.6 Å². The molecule has 0 aliphatic heterocycles. The zero-order valence-corrected chi connectivity index (χ0v) is 13.3. The van der Waals surface area contributed by atoms with Crippen molar-refractivity contribution in [2.24, 2.45) is 0 Å². The number of aliphatic carboxylic acids is 1. The molecule has 126 valence electrons. The summed E-state index contributed by atoms with van der Waals surface area (Å²) >= 11 is 0. The molecule has 24 heavy (non-hydrogen) atoms. The highest BCUT2D eigenvalue weighted by Gasteiger charge is 2.32. The third-order valence-corrected chi connectivity index (χ3v) is 3.45. The highest BCUT2D eigenvalue weighted by molar-refractivity contribution is 6.01. The van der Waals surface area contributed by atoms with Gasteiger partial charge >= 0.3 is 5.97 Å². The minimum absolute atomic E-state index is 0.100. The Kier molecular flexibility index (Phi) is 6.06. The van der Waals surface area contributed by atoms with Crippen LogP contribution in [0.1, 0.15) is 17.3 Å². The molecule has 2 aromatic rings. The van der Waals surface area contributed by atoms with Gasteiger partial charge in [0.25, 0.3) is 5.91 Å². The van der Waals surface area contributed by atoms with Gasteiger partial charge in [-0.2, -0.15) is 0 Å². The maximum absolute atomic E-state index is 12.9. The van der Waals surface area contributed by atoms with Crippen LogP contribution in [0.25, 0.3) is 11.1 Å². The first-order valence-electron chi connectivity index (χ1n) is 7.54. The summed E-state index contributed by atoms with van der Waals surface area (Å²) in [7, 11) is 0. The van der Waals surface area contributed by atoms with E-state index in [2.05, 4.69) is 0 Å². The molecule has 6 nitrogen and oxygen atoms in total. The van der Waals surface area contributed by atoms with Crippen molar-refractivity contribution >= 4 is 11.9 Å². The number of rotatable bonds is 7. The van der Waals surface area contributed by atoms with Gasteiger partial charge < -0.3 is 10.2 Å². The fourth-order valence-electron chi connectivity index (χ4n) is 2.34. The van der Waals surface area contributed by atoms with Crippen molar-refractivity contribution in [1.82, 2.24) is 5.06 Å². The number of aliphatic hydroxyl groups is 1. The number of carboxylic acids is 1. The smallest absolute Gasteiger partial charge is 0.331 e. The number of carboxylic acid groups (broad SMARTS) is 1. The van der Waals surface area contributed by atoms with E-state index in [1.54, 1.807) is 31.2 Å². The fraction of sp³-hybridized carbons (Fsp3) is 0.222. The third kappa shape index (κ3) is 3.79. The first-order valence-corrected chi connectivity index (χ1v) is 7.54. The van der Waals surface area contributed by atoms with Crippen LogP contribution in [0.4, 0.5) is 0 Å². The molecule has 0 spiro atoms. The van der Waals surface area contributed by atoms with Crippen molar-refractivity contribution in [2.75, 3.05) is 13.2 Å². The minimum atomic E-state index is -1.47. The molecule has 0 aromatic heterocycles. The molecule has 1 amide bonds. The quantitative estimate of drug-likeness (QED) is 0.760. The van der Waals surface area contributed by atoms with Crippen LogP contribution in [-0.2, 0) is 9.63 Å². The monoisotopic (exact) mass is 329 g/mol. The molecule has 2 N–H and O–H groups in total. The molecule has 0 heterocycles. The lowest BCUT2D eigenvalue weighted by atomic mass is 9.99. The molecule has 0 bridgehead atoms. The zero-order valence-electron chi connectivity index (χ0n) is 13.3. The van der Waals surface area contributed by atoms with Crippen molar-refractivity contribution in [1.29, 1.82) is 0 Å². The van der Waals surface area contributed by atoms with E-state index in [9.17, 15) is 19.8 Å². The molecule has 1 unspecified atom stereocenters. The second-order valence-corrected chi connectivity index (χ2v) is 5.00. The van der Waals surface area contributed by atoms with Gasteiger partial charge in [0.15, 0.2) is 6.04 Å². The number of nitrogens with zero attached hydrogens (tertiary/aromatic N) is 1. The van der Waals surface area contributed by atoms with Crippen LogP contribution < -0.4 is 0 Å². The second-order valence-electron chi connectivity index (χ2n) is 5.00. The van der Waals surface area contributed by atoms with Gasteiger partial charge in [0.1, 0.15) is 0 Å². The Morgan fingerprint density at radius 1 is 1.08 bits per heavy atom. The molecule has 0 radical (unpaired) electrons. The van der Waals surface area contributed by atoms with Crippen LogP contribution >= 0.6 is 0 Å². The van der Waals surface area contributed by atoms with Gasteiger partial charge in [0.2, 0.25) is 0 Å². The largest absolute Gasteiger partial charge is 0.480 e. The Morgan fingerprint density at radius 2 is 1.71 bits per heavy atom. The fourth-order valence-corrected chi connectivity index (χ4v) is 2.34. The SMILES string of the molecule is CCON(C(=O)c1ccccc1-c1ccccc1)C(CO)C(=O)O. The van der Waals surface area contributed by atoms with E-state index >= 15 is 0 Å². The number of hydroxylamine groups is 2. The molecule has 0 aliphatic rings. The summed E-state index contributed by atoms with van der Waals surface area (Å²) in [5, 5.41) is 19.3. The lowest BCUT2D eigenvalue weighted by molar-refractivity contribution is -0.178. The number of amides is 1. The zero-order chi connectivity index (χ0) is 17.5. The molecule has 1 atom stereocenters. The number of aliphatic hydroxyl groups excluding tert-OH is 1. The maximum Gasteiger partial charge on any atom is 0.331 e. The molecule has 0 saturated carbocycles. The number of carbonyl (C=O) groups is 2. The molecule has 6 heteroatoms. The first kappa shape index (κ1) is 17.7. The van der Waals surface area contributed by atoms with Crippen molar-refractivity contribution in [3.8, 4) is 11.1 Å². The van der Waals surface area contributed by atoms with Gasteiger partial charge in [-0.25, -0.2) is 9.86 Å². The number of hydrogen-bond acceptors (Lipinski definition) is 4. The topological polar surface area (TPSA) is 87.1 Å². The van der Waals surface area contributed by atoms with Crippen LogP contribution in [0.2, 0.25) is 0 Å². The normalized spacial score (nSPS) is 11.8.